The molecule has 1 aliphatic heterocycles. The maximum Gasteiger partial charge on any atom is 0.322 e. The van der Waals surface area contributed by atoms with E-state index in [9.17, 15) is 13.2 Å². The minimum Gasteiger partial charge on any atom is -0.336 e. The summed E-state index contributed by atoms with van der Waals surface area (Å²) in [6.07, 6.45) is 0. The van der Waals surface area contributed by atoms with Gasteiger partial charge in [0.1, 0.15) is 0 Å². The van der Waals surface area contributed by atoms with Crippen molar-refractivity contribution in [3.63, 3.8) is 0 Å². The van der Waals surface area contributed by atoms with Crippen LogP contribution in [0.15, 0.2) is 47.4 Å². The fraction of sp³-hybridized carbons (Fsp3) is 0.188. The molecule has 0 radical (unpaired) electrons. The molecule has 120 valence electrons. The predicted molar refractivity (Wildman–Crippen MR) is 88.7 cm³/mol. The van der Waals surface area contributed by atoms with E-state index < -0.39 is 10.0 Å². The number of amides is 2. The lowest BCUT2D eigenvalue weighted by Gasteiger charge is -2.19. The third kappa shape index (κ3) is 3.06. The number of primary sulfonamides is 1. The molecule has 1 fully saturated rings. The van der Waals surface area contributed by atoms with Gasteiger partial charge in [-0.2, -0.15) is 0 Å². The van der Waals surface area contributed by atoms with Gasteiger partial charge in [0.25, 0.3) is 0 Å². The van der Waals surface area contributed by atoms with Crippen LogP contribution >= 0.6 is 0 Å². The summed E-state index contributed by atoms with van der Waals surface area (Å²) in [5.41, 5.74) is 3.25. The summed E-state index contributed by atoms with van der Waals surface area (Å²) in [7, 11) is -3.81. The largest absolute Gasteiger partial charge is 0.336 e. The van der Waals surface area contributed by atoms with E-state index in [1.807, 2.05) is 31.2 Å². The van der Waals surface area contributed by atoms with Gasteiger partial charge in [0.2, 0.25) is 10.0 Å². The van der Waals surface area contributed by atoms with Crippen molar-refractivity contribution in [2.75, 3.05) is 18.0 Å². The quantitative estimate of drug-likeness (QED) is 0.899. The highest BCUT2D eigenvalue weighted by molar-refractivity contribution is 7.89. The molecule has 6 nitrogen and oxygen atoms in total. The summed E-state index contributed by atoms with van der Waals surface area (Å²) in [6.45, 7) is 3.06. The van der Waals surface area contributed by atoms with E-state index in [2.05, 4.69) is 5.32 Å². The molecule has 0 bridgehead atoms. The van der Waals surface area contributed by atoms with Crippen molar-refractivity contribution in [2.45, 2.75) is 11.8 Å². The van der Waals surface area contributed by atoms with Crippen LogP contribution in [0.1, 0.15) is 5.56 Å². The van der Waals surface area contributed by atoms with Gasteiger partial charge in [-0.15, -0.1) is 0 Å². The van der Waals surface area contributed by atoms with Gasteiger partial charge in [0.15, 0.2) is 0 Å². The number of hydrogen-bond donors (Lipinski definition) is 2. The van der Waals surface area contributed by atoms with Crippen LogP contribution in [-0.2, 0) is 10.0 Å². The first-order valence-corrected chi connectivity index (χ1v) is 8.70. The number of urea groups is 1. The third-order valence-electron chi connectivity index (χ3n) is 3.81. The number of nitrogens with two attached hydrogens (primary N) is 1. The molecular formula is C16H17N3O3S. The number of hydrogen-bond acceptors (Lipinski definition) is 3. The molecule has 0 aromatic heterocycles. The predicted octanol–water partition coefficient (Wildman–Crippen LogP) is 1.84. The van der Waals surface area contributed by atoms with Crippen LogP contribution in [0, 0.1) is 6.92 Å². The first-order valence-electron chi connectivity index (χ1n) is 7.15. The number of rotatable bonds is 3. The summed E-state index contributed by atoms with van der Waals surface area (Å²) >= 11 is 0. The topological polar surface area (TPSA) is 92.5 Å². The number of nitrogens with one attached hydrogen (secondary N) is 1. The molecule has 23 heavy (non-hydrogen) atoms. The van der Waals surface area contributed by atoms with Crippen LogP contribution in [-0.4, -0.2) is 27.5 Å². The SMILES string of the molecule is Cc1ccc(-c2cc(S(N)(=O)=O)ccc2N2CCNC2=O)cc1. The molecule has 1 aliphatic rings. The second kappa shape index (κ2) is 5.68. The fourth-order valence-electron chi connectivity index (χ4n) is 2.59. The molecule has 2 aromatic carbocycles. The number of aryl methyl sites for hydroxylation is 1. The van der Waals surface area contributed by atoms with E-state index in [-0.39, 0.29) is 10.9 Å². The lowest BCUT2D eigenvalue weighted by molar-refractivity contribution is 0.252. The maximum absolute atomic E-state index is 12.0. The first-order chi connectivity index (χ1) is 10.9. The number of nitrogens with zero attached hydrogens (tertiary/aromatic N) is 1. The van der Waals surface area contributed by atoms with Gasteiger partial charge in [-0.1, -0.05) is 29.8 Å². The minimum atomic E-state index is -3.81. The zero-order valence-electron chi connectivity index (χ0n) is 12.6. The Bertz CT molecular complexity index is 861. The standard InChI is InChI=1S/C16H17N3O3S/c1-11-2-4-12(5-3-11)14-10-13(23(17,21)22)6-7-15(14)19-9-8-18-16(19)20/h2-7,10H,8-9H2,1H3,(H,18,20)(H2,17,21,22). The number of benzene rings is 2. The minimum absolute atomic E-state index is 0.0245. The molecule has 0 atom stereocenters. The molecule has 0 unspecified atom stereocenters. The normalized spacial score (nSPS) is 14.9. The zero-order valence-corrected chi connectivity index (χ0v) is 13.4. The fourth-order valence-corrected chi connectivity index (χ4v) is 3.13. The van der Waals surface area contributed by atoms with Gasteiger partial charge in [-0.3, -0.25) is 4.90 Å². The summed E-state index contributed by atoms with van der Waals surface area (Å²) < 4.78 is 23.3. The van der Waals surface area contributed by atoms with Crippen molar-refractivity contribution in [3.8, 4) is 11.1 Å². The van der Waals surface area contributed by atoms with E-state index in [1.54, 1.807) is 11.0 Å². The number of sulfonamides is 1. The molecule has 7 heteroatoms. The highest BCUT2D eigenvalue weighted by Gasteiger charge is 2.25. The summed E-state index contributed by atoms with van der Waals surface area (Å²) in [5.74, 6) is 0. The third-order valence-corrected chi connectivity index (χ3v) is 4.72. The van der Waals surface area contributed by atoms with Crippen molar-refractivity contribution >= 4 is 21.7 Å². The molecule has 0 aliphatic carbocycles. The van der Waals surface area contributed by atoms with Gasteiger partial charge in [-0.25, -0.2) is 18.4 Å². The summed E-state index contributed by atoms with van der Waals surface area (Å²) in [4.78, 5) is 13.6. The van der Waals surface area contributed by atoms with E-state index >= 15 is 0 Å². The lowest BCUT2D eigenvalue weighted by atomic mass is 10.0. The molecule has 1 saturated heterocycles. The smallest absolute Gasteiger partial charge is 0.322 e. The first kappa shape index (κ1) is 15.5. The Hall–Kier alpha value is -2.38. The Kier molecular flexibility index (Phi) is 3.83. The number of anilines is 1. The highest BCUT2D eigenvalue weighted by atomic mass is 32.2. The Morgan fingerprint density at radius 2 is 1.83 bits per heavy atom. The lowest BCUT2D eigenvalue weighted by Crippen LogP contribution is -2.28. The van der Waals surface area contributed by atoms with Crippen LogP contribution in [0.3, 0.4) is 0 Å². The number of carbonyl (C=O) groups is 1. The van der Waals surface area contributed by atoms with Crippen LogP contribution in [0.2, 0.25) is 0 Å². The monoisotopic (exact) mass is 331 g/mol. The van der Waals surface area contributed by atoms with Crippen LogP contribution < -0.4 is 15.4 Å². The van der Waals surface area contributed by atoms with Gasteiger partial charge >= 0.3 is 6.03 Å². The van der Waals surface area contributed by atoms with Crippen LogP contribution in [0.5, 0.6) is 0 Å². The second-order valence-electron chi connectivity index (χ2n) is 5.47. The Morgan fingerprint density at radius 1 is 1.13 bits per heavy atom. The Labute approximate surface area is 135 Å². The summed E-state index contributed by atoms with van der Waals surface area (Å²) in [6, 6.07) is 12.0. The molecule has 2 amide bonds. The second-order valence-corrected chi connectivity index (χ2v) is 7.03. The van der Waals surface area contributed by atoms with E-state index in [0.717, 1.165) is 11.1 Å². The average Bonchev–Trinajstić information content (AvgIpc) is 2.92. The summed E-state index contributed by atoms with van der Waals surface area (Å²) in [5, 5.41) is 7.98. The van der Waals surface area contributed by atoms with E-state index in [0.29, 0.717) is 24.3 Å². The van der Waals surface area contributed by atoms with Gasteiger partial charge < -0.3 is 5.32 Å². The van der Waals surface area contributed by atoms with E-state index in [1.165, 1.54) is 12.1 Å². The van der Waals surface area contributed by atoms with Crippen molar-refractivity contribution in [2.24, 2.45) is 5.14 Å². The molecule has 2 aromatic rings. The van der Waals surface area contributed by atoms with Gasteiger partial charge in [0, 0.05) is 18.7 Å². The Morgan fingerprint density at radius 3 is 2.39 bits per heavy atom. The molecule has 3 N–H and O–H groups in total. The molecule has 3 rings (SSSR count). The maximum atomic E-state index is 12.0. The van der Waals surface area contributed by atoms with Crippen molar-refractivity contribution in [1.82, 2.24) is 5.32 Å². The van der Waals surface area contributed by atoms with Gasteiger partial charge in [0.05, 0.1) is 10.6 Å². The van der Waals surface area contributed by atoms with E-state index in [4.69, 9.17) is 5.14 Å². The van der Waals surface area contributed by atoms with Crippen molar-refractivity contribution < 1.29 is 13.2 Å². The van der Waals surface area contributed by atoms with Gasteiger partial charge in [-0.05, 0) is 30.7 Å². The van der Waals surface area contributed by atoms with Crippen molar-refractivity contribution in [3.05, 3.63) is 48.0 Å². The molecule has 0 saturated carbocycles. The van der Waals surface area contributed by atoms with Crippen molar-refractivity contribution in [1.29, 1.82) is 0 Å². The molecule has 1 heterocycles. The molecular weight excluding hydrogens is 314 g/mol. The van der Waals surface area contributed by atoms with Crippen LogP contribution in [0.25, 0.3) is 11.1 Å². The Balaban J connectivity index is 2.19. The zero-order chi connectivity index (χ0) is 16.6. The molecule has 0 spiro atoms. The highest BCUT2D eigenvalue weighted by Crippen LogP contribution is 2.33. The van der Waals surface area contributed by atoms with Crippen LogP contribution in [0.4, 0.5) is 10.5 Å². The average molecular weight is 331 g/mol. The number of carbonyl (C=O) groups excluding carboxylic acids is 1.